The largest absolute Gasteiger partial charge is 0.493 e. The van der Waals surface area contributed by atoms with Crippen LogP contribution in [0.4, 0.5) is 5.82 Å². The van der Waals surface area contributed by atoms with E-state index in [1.807, 2.05) is 44.2 Å². The molecular weight excluding hydrogens is 390 g/mol. The number of benzene rings is 1. The lowest BCUT2D eigenvalue weighted by Crippen LogP contribution is -2.39. The summed E-state index contributed by atoms with van der Waals surface area (Å²) in [6.45, 7) is 6.61. The molecule has 8 heteroatoms. The molecule has 3 aromatic rings. The number of hydrogen-bond acceptors (Lipinski definition) is 6. The van der Waals surface area contributed by atoms with E-state index >= 15 is 0 Å². The van der Waals surface area contributed by atoms with E-state index in [2.05, 4.69) is 31.1 Å². The van der Waals surface area contributed by atoms with Crippen LogP contribution >= 0.6 is 11.6 Å². The highest BCUT2D eigenvalue weighted by Gasteiger charge is 2.25. The van der Waals surface area contributed by atoms with Crippen molar-refractivity contribution < 1.29 is 9.47 Å². The van der Waals surface area contributed by atoms with Crippen LogP contribution in [0.1, 0.15) is 29.0 Å². The molecule has 152 valence electrons. The second-order valence-electron chi connectivity index (χ2n) is 7.09. The maximum atomic E-state index is 5.96. The van der Waals surface area contributed by atoms with Gasteiger partial charge < -0.3 is 14.4 Å². The Hall–Kier alpha value is -2.64. The van der Waals surface area contributed by atoms with Crippen LogP contribution in [0.25, 0.3) is 0 Å². The SMILES string of the molecule is Cc1cc(N2CCOC(c3cc(CCOc4ccc(Cl)cc4)[nH]n3)C2)nc(C)n1. The van der Waals surface area contributed by atoms with E-state index in [4.69, 9.17) is 21.1 Å². The Labute approximate surface area is 175 Å². The van der Waals surface area contributed by atoms with E-state index in [9.17, 15) is 0 Å². The minimum Gasteiger partial charge on any atom is -0.493 e. The summed E-state index contributed by atoms with van der Waals surface area (Å²) in [7, 11) is 0. The van der Waals surface area contributed by atoms with Crippen molar-refractivity contribution in [2.24, 2.45) is 0 Å². The lowest BCUT2D eigenvalue weighted by molar-refractivity contribution is 0.0367. The van der Waals surface area contributed by atoms with Crippen LogP contribution in [0.3, 0.4) is 0 Å². The number of aryl methyl sites for hydroxylation is 2. The summed E-state index contributed by atoms with van der Waals surface area (Å²) in [5.41, 5.74) is 2.89. The Morgan fingerprint density at radius 3 is 2.83 bits per heavy atom. The Bertz CT molecular complexity index is 940. The fourth-order valence-corrected chi connectivity index (χ4v) is 3.50. The zero-order valence-corrected chi connectivity index (χ0v) is 17.3. The van der Waals surface area contributed by atoms with Crippen molar-refractivity contribution in [2.75, 3.05) is 31.2 Å². The molecule has 0 aliphatic carbocycles. The van der Waals surface area contributed by atoms with Crippen molar-refractivity contribution in [1.82, 2.24) is 20.2 Å². The molecule has 0 amide bonds. The highest BCUT2D eigenvalue weighted by atomic mass is 35.5. The summed E-state index contributed by atoms with van der Waals surface area (Å²) in [6, 6.07) is 11.4. The number of morpholine rings is 1. The maximum absolute atomic E-state index is 5.96. The molecule has 0 bridgehead atoms. The van der Waals surface area contributed by atoms with Crippen LogP contribution in [-0.4, -0.2) is 46.5 Å². The number of halogens is 1. The number of anilines is 1. The van der Waals surface area contributed by atoms with Crippen LogP contribution in [0, 0.1) is 13.8 Å². The van der Waals surface area contributed by atoms with Gasteiger partial charge in [0.05, 0.1) is 25.5 Å². The van der Waals surface area contributed by atoms with Gasteiger partial charge in [-0.2, -0.15) is 5.10 Å². The van der Waals surface area contributed by atoms with Gasteiger partial charge in [-0.05, 0) is 44.2 Å². The zero-order valence-electron chi connectivity index (χ0n) is 16.6. The highest BCUT2D eigenvalue weighted by molar-refractivity contribution is 6.30. The van der Waals surface area contributed by atoms with Crippen LogP contribution in [0.2, 0.25) is 5.02 Å². The molecule has 1 N–H and O–H groups in total. The number of ether oxygens (including phenoxy) is 2. The highest BCUT2D eigenvalue weighted by Crippen LogP contribution is 2.25. The Balaban J connectivity index is 1.35. The Morgan fingerprint density at radius 2 is 2.03 bits per heavy atom. The van der Waals surface area contributed by atoms with Gasteiger partial charge in [-0.3, -0.25) is 5.10 Å². The zero-order chi connectivity index (χ0) is 20.2. The average Bonchev–Trinajstić information content (AvgIpc) is 3.18. The van der Waals surface area contributed by atoms with E-state index in [1.54, 1.807) is 0 Å². The maximum Gasteiger partial charge on any atom is 0.132 e. The fraction of sp³-hybridized carbons (Fsp3) is 0.381. The average molecular weight is 414 g/mol. The molecule has 0 radical (unpaired) electrons. The number of nitrogens with one attached hydrogen (secondary N) is 1. The van der Waals surface area contributed by atoms with Gasteiger partial charge in [-0.25, -0.2) is 9.97 Å². The summed E-state index contributed by atoms with van der Waals surface area (Å²) in [5, 5.41) is 8.25. The lowest BCUT2D eigenvalue weighted by atomic mass is 10.2. The molecule has 29 heavy (non-hydrogen) atoms. The minimum absolute atomic E-state index is 0.0958. The number of aromatic amines is 1. The molecule has 1 unspecified atom stereocenters. The van der Waals surface area contributed by atoms with Crippen LogP contribution in [0.5, 0.6) is 5.75 Å². The quantitative estimate of drug-likeness (QED) is 0.664. The molecule has 1 saturated heterocycles. The van der Waals surface area contributed by atoms with E-state index < -0.39 is 0 Å². The first-order valence-corrected chi connectivity index (χ1v) is 10.1. The predicted molar refractivity (Wildman–Crippen MR) is 112 cm³/mol. The summed E-state index contributed by atoms with van der Waals surface area (Å²) < 4.78 is 11.7. The molecule has 1 aliphatic rings. The number of aromatic nitrogens is 4. The third-order valence-corrected chi connectivity index (χ3v) is 5.03. The third kappa shape index (κ3) is 5.05. The fourth-order valence-electron chi connectivity index (χ4n) is 3.38. The summed E-state index contributed by atoms with van der Waals surface area (Å²) in [5.74, 6) is 2.53. The van der Waals surface area contributed by atoms with E-state index in [0.29, 0.717) is 24.8 Å². The number of nitrogens with zero attached hydrogens (tertiary/aromatic N) is 4. The second kappa shape index (κ2) is 8.80. The van der Waals surface area contributed by atoms with Gasteiger partial charge in [0, 0.05) is 35.4 Å². The molecule has 0 spiro atoms. The molecule has 4 rings (SSSR count). The standard InChI is InChI=1S/C21H24ClN5O2/c1-14-11-21(24-15(2)23-14)27-8-10-29-20(13-27)19-12-17(25-26-19)7-9-28-18-5-3-16(22)4-6-18/h3-6,11-12,20H,7-10,13H2,1-2H3,(H,25,26). The third-order valence-electron chi connectivity index (χ3n) is 4.78. The Kier molecular flexibility index (Phi) is 5.97. The summed E-state index contributed by atoms with van der Waals surface area (Å²) in [6.07, 6.45) is 0.637. The van der Waals surface area contributed by atoms with Crippen molar-refractivity contribution in [1.29, 1.82) is 0 Å². The number of hydrogen-bond donors (Lipinski definition) is 1. The topological polar surface area (TPSA) is 76.2 Å². The number of rotatable bonds is 6. The number of H-pyrrole nitrogens is 1. The van der Waals surface area contributed by atoms with Gasteiger partial charge in [0.15, 0.2) is 0 Å². The van der Waals surface area contributed by atoms with E-state index in [-0.39, 0.29) is 6.10 Å². The van der Waals surface area contributed by atoms with Crippen molar-refractivity contribution in [3.05, 3.63) is 64.3 Å². The van der Waals surface area contributed by atoms with Gasteiger partial charge in [0.25, 0.3) is 0 Å². The van der Waals surface area contributed by atoms with Gasteiger partial charge in [0.2, 0.25) is 0 Å². The molecule has 1 aliphatic heterocycles. The molecule has 1 atom stereocenters. The normalized spacial score (nSPS) is 16.8. The minimum atomic E-state index is -0.0958. The van der Waals surface area contributed by atoms with Crippen molar-refractivity contribution in [2.45, 2.75) is 26.4 Å². The molecule has 7 nitrogen and oxygen atoms in total. The van der Waals surface area contributed by atoms with E-state index in [1.165, 1.54) is 0 Å². The van der Waals surface area contributed by atoms with Gasteiger partial charge >= 0.3 is 0 Å². The molecule has 1 aromatic carbocycles. The van der Waals surface area contributed by atoms with Gasteiger partial charge in [0.1, 0.15) is 23.5 Å². The predicted octanol–water partition coefficient (Wildman–Crippen LogP) is 3.67. The molecule has 1 fully saturated rings. The Morgan fingerprint density at radius 1 is 1.21 bits per heavy atom. The molecular formula is C21H24ClN5O2. The summed E-state index contributed by atoms with van der Waals surface area (Å²) >= 11 is 5.89. The van der Waals surface area contributed by atoms with Crippen LogP contribution in [-0.2, 0) is 11.2 Å². The van der Waals surface area contributed by atoms with Crippen molar-refractivity contribution in [3.63, 3.8) is 0 Å². The lowest BCUT2D eigenvalue weighted by Gasteiger charge is -2.33. The smallest absolute Gasteiger partial charge is 0.132 e. The molecule has 0 saturated carbocycles. The molecule has 3 heterocycles. The van der Waals surface area contributed by atoms with Gasteiger partial charge in [-0.15, -0.1) is 0 Å². The first-order chi connectivity index (χ1) is 14.1. The van der Waals surface area contributed by atoms with Gasteiger partial charge in [-0.1, -0.05) is 11.6 Å². The first kappa shape index (κ1) is 19.7. The summed E-state index contributed by atoms with van der Waals surface area (Å²) in [4.78, 5) is 11.2. The van der Waals surface area contributed by atoms with Crippen molar-refractivity contribution >= 4 is 17.4 Å². The van der Waals surface area contributed by atoms with Crippen LogP contribution < -0.4 is 9.64 Å². The second-order valence-corrected chi connectivity index (χ2v) is 7.53. The monoisotopic (exact) mass is 413 g/mol. The first-order valence-electron chi connectivity index (χ1n) is 9.68. The van der Waals surface area contributed by atoms with Crippen LogP contribution in [0.15, 0.2) is 36.4 Å². The van der Waals surface area contributed by atoms with Crippen molar-refractivity contribution in [3.8, 4) is 5.75 Å². The molecule has 2 aromatic heterocycles. The van der Waals surface area contributed by atoms with E-state index in [0.717, 1.165) is 47.4 Å².